The summed E-state index contributed by atoms with van der Waals surface area (Å²) in [6.07, 6.45) is -0.418. The Morgan fingerprint density at radius 1 is 0.889 bits per heavy atom. The molecule has 0 radical (unpaired) electrons. The molecule has 3 N–H and O–H groups in total. The van der Waals surface area contributed by atoms with Crippen LogP contribution in [0.5, 0.6) is 0 Å². The molecule has 0 aromatic heterocycles. The van der Waals surface area contributed by atoms with Crippen LogP contribution < -0.4 is 10.6 Å². The van der Waals surface area contributed by atoms with E-state index in [4.69, 9.17) is 0 Å². The number of aliphatic hydroxyl groups excluding tert-OH is 1. The van der Waals surface area contributed by atoms with E-state index in [0.29, 0.717) is 12.0 Å². The van der Waals surface area contributed by atoms with E-state index in [0.717, 1.165) is 16.8 Å². The zero-order valence-electron chi connectivity index (χ0n) is 15.3. The van der Waals surface area contributed by atoms with Crippen LogP contribution in [0.25, 0.3) is 0 Å². The minimum absolute atomic E-state index is 0.206. The van der Waals surface area contributed by atoms with Gasteiger partial charge in [0.25, 0.3) is 5.91 Å². The Kier molecular flexibility index (Phi) is 6.23. The van der Waals surface area contributed by atoms with Gasteiger partial charge in [0, 0.05) is 11.3 Å². The number of anilines is 1. The maximum atomic E-state index is 12.6. The number of benzene rings is 3. The quantitative estimate of drug-likeness (QED) is 0.562. The molecule has 2 atom stereocenters. The lowest BCUT2D eigenvalue weighted by Crippen LogP contribution is -2.48. The van der Waals surface area contributed by atoms with Crippen molar-refractivity contribution in [1.82, 2.24) is 5.32 Å². The average Bonchev–Trinajstić information content (AvgIpc) is 2.70. The lowest BCUT2D eigenvalue weighted by Gasteiger charge is -2.26. The second-order valence-corrected chi connectivity index (χ2v) is 6.54. The van der Waals surface area contributed by atoms with Crippen LogP contribution in [0.3, 0.4) is 0 Å². The van der Waals surface area contributed by atoms with Crippen LogP contribution in [0, 0.1) is 6.92 Å². The van der Waals surface area contributed by atoms with Gasteiger partial charge in [-0.3, -0.25) is 4.79 Å². The highest BCUT2D eigenvalue weighted by atomic mass is 16.3. The minimum Gasteiger partial charge on any atom is -0.372 e. The fourth-order valence-corrected chi connectivity index (χ4v) is 2.95. The van der Waals surface area contributed by atoms with Gasteiger partial charge in [-0.15, -0.1) is 0 Å². The standard InChI is InChI=1S/C23H24N2O2/c1-17-10-8-9-15-20(17)24-23(27)21(16-18-11-4-2-5-12-18)25-22(26)19-13-6-3-7-14-19/h2-15,21,23-24,27H,16H2,1H3,(H,25,26). The Hall–Kier alpha value is -3.11. The van der Waals surface area contributed by atoms with E-state index >= 15 is 0 Å². The van der Waals surface area contributed by atoms with Crippen molar-refractivity contribution >= 4 is 11.6 Å². The van der Waals surface area contributed by atoms with Crippen LogP contribution in [0.4, 0.5) is 5.69 Å². The van der Waals surface area contributed by atoms with Gasteiger partial charge in [0.1, 0.15) is 6.23 Å². The van der Waals surface area contributed by atoms with Crippen molar-refractivity contribution in [2.45, 2.75) is 25.6 Å². The van der Waals surface area contributed by atoms with Crippen molar-refractivity contribution in [2.75, 3.05) is 5.32 Å². The number of hydrogen-bond acceptors (Lipinski definition) is 3. The topological polar surface area (TPSA) is 61.4 Å². The zero-order valence-corrected chi connectivity index (χ0v) is 15.3. The first-order valence-electron chi connectivity index (χ1n) is 9.03. The summed E-state index contributed by atoms with van der Waals surface area (Å²) in [4.78, 5) is 12.6. The number of para-hydroxylation sites is 1. The smallest absolute Gasteiger partial charge is 0.251 e. The summed E-state index contributed by atoms with van der Waals surface area (Å²) in [7, 11) is 0. The third-order valence-electron chi connectivity index (χ3n) is 4.48. The Morgan fingerprint density at radius 3 is 2.15 bits per heavy atom. The number of carbonyl (C=O) groups is 1. The molecule has 0 fully saturated rings. The molecule has 0 aliphatic rings. The summed E-state index contributed by atoms with van der Waals surface area (Å²) >= 11 is 0. The first-order chi connectivity index (χ1) is 13.1. The van der Waals surface area contributed by atoms with E-state index in [2.05, 4.69) is 10.6 Å². The molecule has 1 amide bonds. The minimum atomic E-state index is -0.932. The molecule has 0 aliphatic heterocycles. The van der Waals surface area contributed by atoms with Gasteiger partial charge >= 0.3 is 0 Å². The van der Waals surface area contributed by atoms with Crippen LogP contribution in [0.15, 0.2) is 84.9 Å². The Labute approximate surface area is 159 Å². The predicted octanol–water partition coefficient (Wildman–Crippen LogP) is 3.77. The van der Waals surface area contributed by atoms with Crippen molar-refractivity contribution in [3.63, 3.8) is 0 Å². The van der Waals surface area contributed by atoms with Crippen molar-refractivity contribution < 1.29 is 9.90 Å². The van der Waals surface area contributed by atoms with Crippen molar-refractivity contribution in [3.05, 3.63) is 102 Å². The highest BCUT2D eigenvalue weighted by Crippen LogP contribution is 2.16. The molecule has 0 spiro atoms. The van der Waals surface area contributed by atoms with Crippen LogP contribution in [-0.4, -0.2) is 23.3 Å². The molecule has 138 valence electrons. The lowest BCUT2D eigenvalue weighted by atomic mass is 10.0. The van der Waals surface area contributed by atoms with Gasteiger partial charge < -0.3 is 15.7 Å². The van der Waals surface area contributed by atoms with Gasteiger partial charge in [0.2, 0.25) is 0 Å². The van der Waals surface area contributed by atoms with Crippen LogP contribution in [-0.2, 0) is 6.42 Å². The number of aliphatic hydroxyl groups is 1. The van der Waals surface area contributed by atoms with E-state index in [-0.39, 0.29) is 5.91 Å². The number of amides is 1. The summed E-state index contributed by atoms with van der Waals surface area (Å²) in [5, 5.41) is 16.9. The SMILES string of the molecule is Cc1ccccc1NC(O)C(Cc1ccccc1)NC(=O)c1ccccc1. The first kappa shape index (κ1) is 18.7. The summed E-state index contributed by atoms with van der Waals surface area (Å²) in [5.41, 5.74) is 3.49. The number of rotatable bonds is 7. The van der Waals surface area contributed by atoms with Gasteiger partial charge in [-0.1, -0.05) is 66.7 Å². The molecule has 0 saturated heterocycles. The number of hydrogen-bond donors (Lipinski definition) is 3. The molecule has 27 heavy (non-hydrogen) atoms. The van der Waals surface area contributed by atoms with Crippen LogP contribution in [0.2, 0.25) is 0 Å². The molecule has 4 nitrogen and oxygen atoms in total. The first-order valence-corrected chi connectivity index (χ1v) is 9.03. The highest BCUT2D eigenvalue weighted by molar-refractivity contribution is 5.94. The van der Waals surface area contributed by atoms with Crippen molar-refractivity contribution in [3.8, 4) is 0 Å². The van der Waals surface area contributed by atoms with Crippen LogP contribution >= 0.6 is 0 Å². The van der Waals surface area contributed by atoms with Gasteiger partial charge in [-0.25, -0.2) is 0 Å². The fourth-order valence-electron chi connectivity index (χ4n) is 2.95. The molecular formula is C23H24N2O2. The van der Waals surface area contributed by atoms with Gasteiger partial charge in [0.05, 0.1) is 6.04 Å². The summed E-state index contributed by atoms with van der Waals surface area (Å²) in [6, 6.07) is 26.1. The van der Waals surface area contributed by atoms with Crippen LogP contribution in [0.1, 0.15) is 21.5 Å². The fraction of sp³-hybridized carbons (Fsp3) is 0.174. The molecule has 3 rings (SSSR count). The molecule has 0 aliphatic carbocycles. The number of nitrogens with one attached hydrogen (secondary N) is 2. The Bertz CT molecular complexity index is 866. The van der Waals surface area contributed by atoms with Crippen molar-refractivity contribution in [2.24, 2.45) is 0 Å². The number of aryl methyl sites for hydroxylation is 1. The van der Waals surface area contributed by atoms with E-state index in [1.54, 1.807) is 12.1 Å². The third kappa shape index (κ3) is 5.19. The second-order valence-electron chi connectivity index (χ2n) is 6.54. The number of carbonyl (C=O) groups excluding carboxylic acids is 1. The third-order valence-corrected chi connectivity index (χ3v) is 4.48. The Morgan fingerprint density at radius 2 is 1.48 bits per heavy atom. The molecule has 2 unspecified atom stereocenters. The van der Waals surface area contributed by atoms with E-state index in [9.17, 15) is 9.90 Å². The van der Waals surface area contributed by atoms with Gasteiger partial charge in [0.15, 0.2) is 0 Å². The molecule has 0 heterocycles. The van der Waals surface area contributed by atoms with Gasteiger partial charge in [-0.2, -0.15) is 0 Å². The summed E-state index contributed by atoms with van der Waals surface area (Å²) in [5.74, 6) is -0.206. The van der Waals surface area contributed by atoms with E-state index in [1.807, 2.05) is 79.7 Å². The summed E-state index contributed by atoms with van der Waals surface area (Å²) < 4.78 is 0. The zero-order chi connectivity index (χ0) is 19.1. The van der Waals surface area contributed by atoms with E-state index in [1.165, 1.54) is 0 Å². The molecule has 3 aromatic rings. The highest BCUT2D eigenvalue weighted by Gasteiger charge is 2.22. The molecule has 4 heteroatoms. The molecule has 0 saturated carbocycles. The monoisotopic (exact) mass is 360 g/mol. The van der Waals surface area contributed by atoms with E-state index < -0.39 is 12.3 Å². The molecule has 0 bridgehead atoms. The maximum absolute atomic E-state index is 12.6. The lowest BCUT2D eigenvalue weighted by molar-refractivity contribution is 0.0868. The summed E-state index contributed by atoms with van der Waals surface area (Å²) in [6.45, 7) is 1.98. The van der Waals surface area contributed by atoms with Gasteiger partial charge in [-0.05, 0) is 42.7 Å². The Balaban J connectivity index is 1.78. The normalized spacial score (nSPS) is 12.8. The molecule has 3 aromatic carbocycles. The predicted molar refractivity (Wildman–Crippen MR) is 109 cm³/mol. The largest absolute Gasteiger partial charge is 0.372 e. The maximum Gasteiger partial charge on any atom is 0.251 e. The van der Waals surface area contributed by atoms with Crippen molar-refractivity contribution in [1.29, 1.82) is 0 Å². The molecular weight excluding hydrogens is 336 g/mol. The average molecular weight is 360 g/mol. The second kappa shape index (κ2) is 9.01.